The molecule has 1 aliphatic heterocycles. The zero-order valence-electron chi connectivity index (χ0n) is 15.7. The van der Waals surface area contributed by atoms with Gasteiger partial charge in [0.25, 0.3) is 5.56 Å². The second kappa shape index (κ2) is 7.80. The lowest BCUT2D eigenvalue weighted by Gasteiger charge is -2.25. The van der Waals surface area contributed by atoms with E-state index in [-0.39, 0.29) is 30.5 Å². The molecular weight excluding hydrogens is 356 g/mol. The van der Waals surface area contributed by atoms with E-state index in [9.17, 15) is 9.59 Å². The first kappa shape index (κ1) is 18.2. The molecule has 1 saturated heterocycles. The van der Waals surface area contributed by atoms with Gasteiger partial charge in [-0.25, -0.2) is 4.68 Å². The summed E-state index contributed by atoms with van der Waals surface area (Å²) in [6.45, 7) is 0.954. The molecule has 7 nitrogen and oxygen atoms in total. The Morgan fingerprint density at radius 2 is 1.96 bits per heavy atom. The summed E-state index contributed by atoms with van der Waals surface area (Å²) in [5.41, 5.74) is 1.45. The Morgan fingerprint density at radius 1 is 1.18 bits per heavy atom. The molecule has 7 heteroatoms. The summed E-state index contributed by atoms with van der Waals surface area (Å²) in [6, 6.07) is 15.0. The molecule has 1 aliphatic rings. The molecular formula is C21H22N4O3. The van der Waals surface area contributed by atoms with Gasteiger partial charge in [-0.15, -0.1) is 5.10 Å². The van der Waals surface area contributed by atoms with Crippen molar-refractivity contribution in [3.8, 4) is 5.75 Å². The number of amides is 1. The summed E-state index contributed by atoms with van der Waals surface area (Å²) >= 11 is 0. The van der Waals surface area contributed by atoms with E-state index in [2.05, 4.69) is 10.3 Å². The molecule has 0 N–H and O–H groups in total. The van der Waals surface area contributed by atoms with Gasteiger partial charge in [0, 0.05) is 13.0 Å². The van der Waals surface area contributed by atoms with E-state index in [0.29, 0.717) is 10.9 Å². The molecule has 1 aromatic heterocycles. The monoisotopic (exact) mass is 378 g/mol. The maximum Gasteiger partial charge on any atom is 0.277 e. The van der Waals surface area contributed by atoms with Crippen molar-refractivity contribution in [2.24, 2.45) is 0 Å². The van der Waals surface area contributed by atoms with Gasteiger partial charge in [0.2, 0.25) is 5.91 Å². The first-order valence-electron chi connectivity index (χ1n) is 9.43. The van der Waals surface area contributed by atoms with Crippen molar-refractivity contribution in [3.05, 3.63) is 64.4 Å². The predicted octanol–water partition coefficient (Wildman–Crippen LogP) is 2.55. The highest BCUT2D eigenvalue weighted by atomic mass is 16.5. The SMILES string of the molecule is COc1ccc([C@H]2CCCN2C(=O)CCn2nnc3ccccc3c2=O)cc1. The maximum absolute atomic E-state index is 12.8. The van der Waals surface area contributed by atoms with Crippen LogP contribution in [-0.4, -0.2) is 39.5 Å². The van der Waals surface area contributed by atoms with Crippen molar-refractivity contribution >= 4 is 16.8 Å². The third kappa shape index (κ3) is 3.47. The van der Waals surface area contributed by atoms with E-state index in [1.165, 1.54) is 4.68 Å². The number of ether oxygens (including phenoxy) is 1. The molecule has 0 unspecified atom stereocenters. The van der Waals surface area contributed by atoms with Gasteiger partial charge in [0.05, 0.1) is 25.1 Å². The summed E-state index contributed by atoms with van der Waals surface area (Å²) < 4.78 is 6.49. The van der Waals surface area contributed by atoms with Crippen LogP contribution in [0.4, 0.5) is 0 Å². The van der Waals surface area contributed by atoms with Crippen molar-refractivity contribution in [1.29, 1.82) is 0 Å². The Morgan fingerprint density at radius 3 is 2.75 bits per heavy atom. The molecule has 0 spiro atoms. The second-order valence-corrected chi connectivity index (χ2v) is 6.90. The zero-order valence-corrected chi connectivity index (χ0v) is 15.7. The van der Waals surface area contributed by atoms with Crippen molar-refractivity contribution in [3.63, 3.8) is 0 Å². The zero-order chi connectivity index (χ0) is 19.5. The number of likely N-dealkylation sites (tertiary alicyclic amines) is 1. The minimum Gasteiger partial charge on any atom is -0.497 e. The Kier molecular flexibility index (Phi) is 5.06. The number of aromatic nitrogens is 3. The van der Waals surface area contributed by atoms with Gasteiger partial charge in [-0.2, -0.15) is 0 Å². The van der Waals surface area contributed by atoms with Gasteiger partial charge in [0.1, 0.15) is 11.3 Å². The number of hydrogen-bond donors (Lipinski definition) is 0. The lowest BCUT2D eigenvalue weighted by molar-refractivity contribution is -0.132. The third-order valence-electron chi connectivity index (χ3n) is 5.24. The second-order valence-electron chi connectivity index (χ2n) is 6.90. The first-order chi connectivity index (χ1) is 13.7. The number of carbonyl (C=O) groups excluding carboxylic acids is 1. The Bertz CT molecular complexity index is 1050. The van der Waals surface area contributed by atoms with E-state index in [0.717, 1.165) is 30.7 Å². The lowest BCUT2D eigenvalue weighted by Crippen LogP contribution is -2.33. The molecule has 0 aliphatic carbocycles. The van der Waals surface area contributed by atoms with Crippen LogP contribution < -0.4 is 10.3 Å². The highest BCUT2D eigenvalue weighted by Gasteiger charge is 2.29. The van der Waals surface area contributed by atoms with Crippen LogP contribution in [0.1, 0.15) is 30.9 Å². The van der Waals surface area contributed by atoms with Crippen molar-refractivity contribution in [1.82, 2.24) is 19.9 Å². The van der Waals surface area contributed by atoms with Gasteiger partial charge >= 0.3 is 0 Å². The van der Waals surface area contributed by atoms with E-state index in [1.807, 2.05) is 35.2 Å². The fourth-order valence-electron chi connectivity index (χ4n) is 3.75. The van der Waals surface area contributed by atoms with E-state index >= 15 is 0 Å². The van der Waals surface area contributed by atoms with Crippen LogP contribution in [0.15, 0.2) is 53.3 Å². The molecule has 0 saturated carbocycles. The van der Waals surface area contributed by atoms with Crippen molar-refractivity contribution < 1.29 is 9.53 Å². The largest absolute Gasteiger partial charge is 0.497 e. The molecule has 0 bridgehead atoms. The smallest absolute Gasteiger partial charge is 0.277 e. The molecule has 2 heterocycles. The molecule has 1 amide bonds. The topological polar surface area (TPSA) is 77.3 Å². The quantitative estimate of drug-likeness (QED) is 0.682. The summed E-state index contributed by atoms with van der Waals surface area (Å²) in [6.07, 6.45) is 2.13. The van der Waals surface area contributed by atoms with E-state index in [4.69, 9.17) is 4.74 Å². The number of aryl methyl sites for hydroxylation is 1. The lowest BCUT2D eigenvalue weighted by atomic mass is 10.0. The molecule has 144 valence electrons. The maximum atomic E-state index is 12.8. The fraction of sp³-hybridized carbons (Fsp3) is 0.333. The van der Waals surface area contributed by atoms with Crippen LogP contribution in [-0.2, 0) is 11.3 Å². The average Bonchev–Trinajstić information content (AvgIpc) is 3.23. The van der Waals surface area contributed by atoms with Gasteiger partial charge in [-0.3, -0.25) is 9.59 Å². The number of methoxy groups -OCH3 is 1. The number of hydrogen-bond acceptors (Lipinski definition) is 5. The van der Waals surface area contributed by atoms with Crippen LogP contribution in [0.3, 0.4) is 0 Å². The summed E-state index contributed by atoms with van der Waals surface area (Å²) in [7, 11) is 1.64. The Labute approximate surface area is 162 Å². The normalized spacial score (nSPS) is 16.5. The molecule has 3 aromatic rings. The predicted molar refractivity (Wildman–Crippen MR) is 105 cm³/mol. The Hall–Kier alpha value is -3.22. The van der Waals surface area contributed by atoms with Gasteiger partial charge in [0.15, 0.2) is 0 Å². The van der Waals surface area contributed by atoms with Gasteiger partial charge in [-0.05, 0) is 42.7 Å². The number of benzene rings is 2. The van der Waals surface area contributed by atoms with Crippen molar-refractivity contribution in [2.45, 2.75) is 31.8 Å². The summed E-state index contributed by atoms with van der Waals surface area (Å²) in [5, 5.41) is 8.56. The van der Waals surface area contributed by atoms with Crippen molar-refractivity contribution in [2.75, 3.05) is 13.7 Å². The first-order valence-corrected chi connectivity index (χ1v) is 9.43. The minimum absolute atomic E-state index is 0.0279. The van der Waals surface area contributed by atoms with Crippen LogP contribution in [0.5, 0.6) is 5.75 Å². The molecule has 0 radical (unpaired) electrons. The molecule has 2 aromatic carbocycles. The van der Waals surface area contributed by atoms with Crippen LogP contribution in [0.25, 0.3) is 10.9 Å². The standard InChI is InChI=1S/C21H22N4O3/c1-28-16-10-8-15(9-11-16)19-7-4-13-24(19)20(26)12-14-25-21(27)17-5-2-3-6-18(17)22-23-25/h2-3,5-6,8-11,19H,4,7,12-14H2,1H3/t19-/m1/s1. The Balaban J connectivity index is 1.47. The van der Waals surface area contributed by atoms with Crippen LogP contribution >= 0.6 is 0 Å². The number of rotatable bonds is 5. The number of nitrogens with zero attached hydrogens (tertiary/aromatic N) is 4. The number of fused-ring (bicyclic) bond motifs is 1. The summed E-state index contributed by atoms with van der Waals surface area (Å²) in [4.78, 5) is 27.3. The average molecular weight is 378 g/mol. The van der Waals surface area contributed by atoms with Gasteiger partial charge in [-0.1, -0.05) is 29.5 Å². The minimum atomic E-state index is -0.216. The van der Waals surface area contributed by atoms with Crippen LogP contribution in [0, 0.1) is 0 Å². The molecule has 28 heavy (non-hydrogen) atoms. The highest BCUT2D eigenvalue weighted by Crippen LogP contribution is 2.33. The molecule has 1 fully saturated rings. The van der Waals surface area contributed by atoms with Crippen LogP contribution in [0.2, 0.25) is 0 Å². The van der Waals surface area contributed by atoms with Gasteiger partial charge < -0.3 is 9.64 Å². The summed E-state index contributed by atoms with van der Waals surface area (Å²) in [5.74, 6) is 0.828. The molecule has 1 atom stereocenters. The van der Waals surface area contributed by atoms with E-state index < -0.39 is 0 Å². The van der Waals surface area contributed by atoms with E-state index in [1.54, 1.807) is 25.3 Å². The third-order valence-corrected chi connectivity index (χ3v) is 5.24. The molecule has 4 rings (SSSR count). The number of carbonyl (C=O) groups is 1. The highest BCUT2D eigenvalue weighted by molar-refractivity contribution is 5.77. The fourth-order valence-corrected chi connectivity index (χ4v) is 3.75.